The van der Waals surface area contributed by atoms with Crippen LogP contribution in [0.5, 0.6) is 11.5 Å². The highest BCUT2D eigenvalue weighted by Crippen LogP contribution is 2.33. The summed E-state index contributed by atoms with van der Waals surface area (Å²) in [6.45, 7) is 1.74. The van der Waals surface area contributed by atoms with Crippen molar-refractivity contribution in [1.29, 1.82) is 0 Å². The van der Waals surface area contributed by atoms with Gasteiger partial charge in [-0.05, 0) is 30.7 Å². The van der Waals surface area contributed by atoms with Crippen LogP contribution in [0.1, 0.15) is 5.56 Å². The summed E-state index contributed by atoms with van der Waals surface area (Å²) in [7, 11) is 0. The maximum absolute atomic E-state index is 13.4. The van der Waals surface area contributed by atoms with Crippen LogP contribution < -0.4 is 10.5 Å². The van der Waals surface area contributed by atoms with Gasteiger partial charge in [0.2, 0.25) is 5.82 Å². The molecule has 0 saturated carbocycles. The first-order valence-electron chi connectivity index (χ1n) is 5.16. The average Bonchev–Trinajstić information content (AvgIpc) is 2.32. The molecule has 18 heavy (non-hydrogen) atoms. The number of rotatable bonds is 2. The maximum atomic E-state index is 13.4. The summed E-state index contributed by atoms with van der Waals surface area (Å²) in [5, 5.41) is 0.299. The van der Waals surface area contributed by atoms with Crippen molar-refractivity contribution in [3.8, 4) is 11.5 Å². The lowest BCUT2D eigenvalue weighted by Gasteiger charge is -2.11. The van der Waals surface area contributed by atoms with Gasteiger partial charge in [0, 0.05) is 6.07 Å². The van der Waals surface area contributed by atoms with E-state index in [-0.39, 0.29) is 5.75 Å². The van der Waals surface area contributed by atoms with E-state index in [2.05, 4.69) is 0 Å². The van der Waals surface area contributed by atoms with E-state index in [1.165, 1.54) is 18.2 Å². The number of ether oxygens (including phenoxy) is 1. The fourth-order valence-corrected chi connectivity index (χ4v) is 1.63. The maximum Gasteiger partial charge on any atom is 0.201 e. The van der Waals surface area contributed by atoms with Crippen molar-refractivity contribution in [2.24, 2.45) is 0 Å². The van der Waals surface area contributed by atoms with Gasteiger partial charge in [-0.3, -0.25) is 0 Å². The standard InChI is InChI=1S/C13H10ClF2NO/c1-7-5-10(17)8(14)6-12(7)18-11-4-2-3-9(15)13(11)16/h2-6H,17H2,1H3. The quantitative estimate of drug-likeness (QED) is 0.825. The van der Waals surface area contributed by atoms with E-state index in [1.54, 1.807) is 13.0 Å². The number of hydrogen-bond donors (Lipinski definition) is 1. The van der Waals surface area contributed by atoms with E-state index < -0.39 is 11.6 Å². The first-order chi connectivity index (χ1) is 8.49. The predicted molar refractivity (Wildman–Crippen MR) is 67.0 cm³/mol. The normalized spacial score (nSPS) is 10.4. The Hall–Kier alpha value is -1.81. The van der Waals surface area contributed by atoms with Gasteiger partial charge in [-0.1, -0.05) is 17.7 Å². The van der Waals surface area contributed by atoms with Crippen molar-refractivity contribution in [3.05, 3.63) is 52.6 Å². The first-order valence-corrected chi connectivity index (χ1v) is 5.54. The summed E-state index contributed by atoms with van der Waals surface area (Å²) in [5.74, 6) is -1.87. The Balaban J connectivity index is 2.40. The minimum absolute atomic E-state index is 0.195. The molecular formula is C13H10ClF2NO. The molecule has 0 aliphatic rings. The molecule has 0 radical (unpaired) electrons. The Morgan fingerprint density at radius 2 is 1.89 bits per heavy atom. The fraction of sp³-hybridized carbons (Fsp3) is 0.0769. The third kappa shape index (κ3) is 2.38. The van der Waals surface area contributed by atoms with Gasteiger partial charge in [0.05, 0.1) is 10.7 Å². The zero-order valence-corrected chi connectivity index (χ0v) is 10.3. The number of halogens is 3. The molecule has 0 aliphatic carbocycles. The largest absolute Gasteiger partial charge is 0.454 e. The summed E-state index contributed by atoms with van der Waals surface area (Å²) in [4.78, 5) is 0. The molecule has 0 unspecified atom stereocenters. The van der Waals surface area contributed by atoms with E-state index in [0.29, 0.717) is 22.0 Å². The molecule has 0 atom stereocenters. The minimum Gasteiger partial charge on any atom is -0.454 e. The lowest BCUT2D eigenvalue weighted by molar-refractivity contribution is 0.414. The summed E-state index contributed by atoms with van der Waals surface area (Å²) in [6.07, 6.45) is 0. The van der Waals surface area contributed by atoms with E-state index in [0.717, 1.165) is 6.07 Å². The Kier molecular flexibility index (Phi) is 3.39. The van der Waals surface area contributed by atoms with E-state index in [1.807, 2.05) is 0 Å². The van der Waals surface area contributed by atoms with Crippen LogP contribution in [0.3, 0.4) is 0 Å². The summed E-state index contributed by atoms with van der Waals surface area (Å²) in [5.41, 5.74) is 6.70. The van der Waals surface area contributed by atoms with Crippen LogP contribution in [0.15, 0.2) is 30.3 Å². The molecular weight excluding hydrogens is 260 g/mol. The van der Waals surface area contributed by atoms with Crippen LogP contribution in [-0.2, 0) is 0 Å². The van der Waals surface area contributed by atoms with Crippen molar-refractivity contribution in [2.75, 3.05) is 5.73 Å². The number of anilines is 1. The third-order valence-corrected chi connectivity index (χ3v) is 2.76. The molecule has 94 valence electrons. The van der Waals surface area contributed by atoms with E-state index in [9.17, 15) is 8.78 Å². The summed E-state index contributed by atoms with van der Waals surface area (Å²) < 4.78 is 31.8. The molecule has 0 amide bonds. The number of nitrogen functional groups attached to an aromatic ring is 1. The third-order valence-electron chi connectivity index (χ3n) is 2.43. The van der Waals surface area contributed by atoms with Gasteiger partial charge in [0.15, 0.2) is 11.6 Å². The topological polar surface area (TPSA) is 35.2 Å². The van der Waals surface area contributed by atoms with Crippen LogP contribution in [0.25, 0.3) is 0 Å². The van der Waals surface area contributed by atoms with Crippen LogP contribution in [0, 0.1) is 18.6 Å². The SMILES string of the molecule is Cc1cc(N)c(Cl)cc1Oc1cccc(F)c1F. The second kappa shape index (κ2) is 4.82. The molecule has 0 aliphatic heterocycles. The zero-order valence-electron chi connectivity index (χ0n) is 9.51. The molecule has 0 fully saturated rings. The van der Waals surface area contributed by atoms with E-state index >= 15 is 0 Å². The number of benzene rings is 2. The molecule has 0 heterocycles. The number of aryl methyl sites for hydroxylation is 1. The van der Waals surface area contributed by atoms with Crippen molar-refractivity contribution in [3.63, 3.8) is 0 Å². The predicted octanol–water partition coefficient (Wildman–Crippen LogP) is 4.30. The lowest BCUT2D eigenvalue weighted by atomic mass is 10.2. The lowest BCUT2D eigenvalue weighted by Crippen LogP contribution is -1.95. The van der Waals surface area contributed by atoms with Crippen molar-refractivity contribution in [1.82, 2.24) is 0 Å². The monoisotopic (exact) mass is 269 g/mol. The molecule has 2 aromatic rings. The van der Waals surface area contributed by atoms with Gasteiger partial charge in [-0.15, -0.1) is 0 Å². The Morgan fingerprint density at radius 1 is 1.17 bits per heavy atom. The van der Waals surface area contributed by atoms with Gasteiger partial charge in [0.1, 0.15) is 5.75 Å². The average molecular weight is 270 g/mol. The van der Waals surface area contributed by atoms with Crippen LogP contribution in [-0.4, -0.2) is 0 Å². The molecule has 2 rings (SSSR count). The highest BCUT2D eigenvalue weighted by Gasteiger charge is 2.12. The molecule has 2 N–H and O–H groups in total. The molecule has 0 bridgehead atoms. The molecule has 2 aromatic carbocycles. The van der Waals surface area contributed by atoms with E-state index in [4.69, 9.17) is 22.1 Å². The van der Waals surface area contributed by atoms with Crippen molar-refractivity contribution < 1.29 is 13.5 Å². The van der Waals surface area contributed by atoms with Crippen molar-refractivity contribution in [2.45, 2.75) is 6.92 Å². The highest BCUT2D eigenvalue weighted by atomic mass is 35.5. The number of hydrogen-bond acceptors (Lipinski definition) is 2. The smallest absolute Gasteiger partial charge is 0.201 e. The molecule has 2 nitrogen and oxygen atoms in total. The van der Waals surface area contributed by atoms with Gasteiger partial charge in [0.25, 0.3) is 0 Å². The Labute approximate surface area is 108 Å². The van der Waals surface area contributed by atoms with Gasteiger partial charge >= 0.3 is 0 Å². The number of nitrogens with two attached hydrogens (primary N) is 1. The molecule has 0 saturated heterocycles. The summed E-state index contributed by atoms with van der Waals surface area (Å²) >= 11 is 5.85. The molecule has 5 heteroatoms. The van der Waals surface area contributed by atoms with Gasteiger partial charge in [-0.25, -0.2) is 4.39 Å². The fourth-order valence-electron chi connectivity index (χ4n) is 1.48. The van der Waals surface area contributed by atoms with Crippen molar-refractivity contribution >= 4 is 17.3 Å². The Morgan fingerprint density at radius 3 is 2.61 bits per heavy atom. The van der Waals surface area contributed by atoms with Crippen LogP contribution >= 0.6 is 11.6 Å². The first kappa shape index (κ1) is 12.6. The highest BCUT2D eigenvalue weighted by molar-refractivity contribution is 6.33. The van der Waals surface area contributed by atoms with Crippen LogP contribution in [0.2, 0.25) is 5.02 Å². The van der Waals surface area contributed by atoms with Gasteiger partial charge < -0.3 is 10.5 Å². The van der Waals surface area contributed by atoms with Gasteiger partial charge in [-0.2, -0.15) is 4.39 Å². The second-order valence-corrected chi connectivity index (χ2v) is 4.20. The molecule has 0 aromatic heterocycles. The minimum atomic E-state index is -1.04. The summed E-state index contributed by atoms with van der Waals surface area (Å²) in [6, 6.07) is 6.79. The second-order valence-electron chi connectivity index (χ2n) is 3.79. The molecule has 0 spiro atoms. The Bertz CT molecular complexity index is 602. The van der Waals surface area contributed by atoms with Crippen LogP contribution in [0.4, 0.5) is 14.5 Å². The zero-order chi connectivity index (χ0) is 13.3.